The SMILES string of the molecule is O=C(OF)c1ccc2cc(O)ccc2c1O. The molecule has 4 nitrogen and oxygen atoms in total. The summed E-state index contributed by atoms with van der Waals surface area (Å²) in [6.07, 6.45) is 0. The first-order chi connectivity index (χ1) is 7.63. The van der Waals surface area contributed by atoms with Gasteiger partial charge in [-0.2, -0.15) is 0 Å². The van der Waals surface area contributed by atoms with E-state index in [1.54, 1.807) is 0 Å². The van der Waals surface area contributed by atoms with Crippen molar-refractivity contribution in [2.24, 2.45) is 0 Å². The molecule has 0 spiro atoms. The molecule has 0 bridgehead atoms. The van der Waals surface area contributed by atoms with Crippen molar-refractivity contribution in [2.75, 3.05) is 0 Å². The van der Waals surface area contributed by atoms with Crippen LogP contribution < -0.4 is 0 Å². The van der Waals surface area contributed by atoms with Gasteiger partial charge in [0.05, 0.1) is 0 Å². The molecule has 0 fully saturated rings. The molecule has 2 aromatic carbocycles. The maximum absolute atomic E-state index is 11.7. The maximum Gasteiger partial charge on any atom is 0.383 e. The van der Waals surface area contributed by atoms with Crippen LogP contribution in [-0.4, -0.2) is 16.2 Å². The largest absolute Gasteiger partial charge is 0.508 e. The van der Waals surface area contributed by atoms with E-state index >= 15 is 0 Å². The number of carbonyl (C=O) groups excluding carboxylic acids is 1. The van der Waals surface area contributed by atoms with E-state index in [9.17, 15) is 19.5 Å². The number of carbonyl (C=O) groups is 1. The maximum atomic E-state index is 11.7. The smallest absolute Gasteiger partial charge is 0.383 e. The predicted molar refractivity (Wildman–Crippen MR) is 53.8 cm³/mol. The Bertz CT molecular complexity index is 565. The number of phenols is 2. The number of aromatic hydroxyl groups is 2. The van der Waals surface area contributed by atoms with Gasteiger partial charge >= 0.3 is 5.97 Å². The molecule has 0 radical (unpaired) electrons. The van der Waals surface area contributed by atoms with Crippen LogP contribution in [0, 0.1) is 0 Å². The molecule has 0 aromatic heterocycles. The fourth-order valence-corrected chi connectivity index (χ4v) is 1.51. The van der Waals surface area contributed by atoms with Crippen LogP contribution in [0.15, 0.2) is 30.3 Å². The summed E-state index contributed by atoms with van der Waals surface area (Å²) in [6.45, 7) is 0. The van der Waals surface area contributed by atoms with E-state index < -0.39 is 5.97 Å². The van der Waals surface area contributed by atoms with Crippen molar-refractivity contribution < 1.29 is 24.5 Å². The van der Waals surface area contributed by atoms with Crippen molar-refractivity contribution in [1.82, 2.24) is 0 Å². The minimum absolute atomic E-state index is 0.0349. The molecular formula is C11H7FO4. The Kier molecular flexibility index (Phi) is 2.36. The summed E-state index contributed by atoms with van der Waals surface area (Å²) in [5.41, 5.74) is -0.263. The first-order valence-electron chi connectivity index (χ1n) is 4.41. The van der Waals surface area contributed by atoms with E-state index in [2.05, 4.69) is 4.94 Å². The minimum Gasteiger partial charge on any atom is -0.508 e. The Morgan fingerprint density at radius 3 is 2.62 bits per heavy atom. The zero-order valence-corrected chi connectivity index (χ0v) is 7.98. The van der Waals surface area contributed by atoms with Gasteiger partial charge in [0.15, 0.2) is 0 Å². The lowest BCUT2D eigenvalue weighted by molar-refractivity contribution is -0.0789. The van der Waals surface area contributed by atoms with Gasteiger partial charge in [-0.25, -0.2) is 9.74 Å². The predicted octanol–water partition coefficient (Wildman–Crippen LogP) is 2.29. The lowest BCUT2D eigenvalue weighted by Gasteiger charge is -2.05. The van der Waals surface area contributed by atoms with Crippen molar-refractivity contribution in [1.29, 1.82) is 0 Å². The van der Waals surface area contributed by atoms with E-state index in [-0.39, 0.29) is 17.1 Å². The van der Waals surface area contributed by atoms with Crippen LogP contribution >= 0.6 is 0 Å². The number of hydrogen-bond donors (Lipinski definition) is 2. The van der Waals surface area contributed by atoms with Crippen LogP contribution in [0.1, 0.15) is 10.4 Å². The normalized spacial score (nSPS) is 10.3. The highest BCUT2D eigenvalue weighted by Gasteiger charge is 2.15. The second-order valence-electron chi connectivity index (χ2n) is 3.23. The molecule has 0 unspecified atom stereocenters. The zero-order valence-electron chi connectivity index (χ0n) is 7.98. The summed E-state index contributed by atoms with van der Waals surface area (Å²) in [5.74, 6) is -1.60. The second-order valence-corrected chi connectivity index (χ2v) is 3.23. The molecule has 0 aliphatic heterocycles. The van der Waals surface area contributed by atoms with E-state index in [1.165, 1.54) is 30.3 Å². The first-order valence-corrected chi connectivity index (χ1v) is 4.41. The van der Waals surface area contributed by atoms with Gasteiger partial charge in [-0.1, -0.05) is 6.07 Å². The number of rotatable bonds is 1. The van der Waals surface area contributed by atoms with E-state index in [0.717, 1.165) is 0 Å². The van der Waals surface area contributed by atoms with Crippen LogP contribution in [-0.2, 0) is 4.94 Å². The van der Waals surface area contributed by atoms with E-state index in [0.29, 0.717) is 10.8 Å². The summed E-state index contributed by atoms with van der Waals surface area (Å²) in [4.78, 5) is 14.0. The summed E-state index contributed by atoms with van der Waals surface area (Å²) in [6, 6.07) is 6.89. The van der Waals surface area contributed by atoms with Crippen LogP contribution in [0.4, 0.5) is 4.53 Å². The van der Waals surface area contributed by atoms with Crippen LogP contribution in [0.25, 0.3) is 10.8 Å². The molecule has 0 saturated heterocycles. The lowest BCUT2D eigenvalue weighted by Crippen LogP contribution is -1.99. The Balaban J connectivity index is 2.70. The van der Waals surface area contributed by atoms with Gasteiger partial charge in [-0.15, -0.1) is 0 Å². The topological polar surface area (TPSA) is 66.8 Å². The minimum atomic E-state index is -1.26. The molecular weight excluding hydrogens is 215 g/mol. The number of fused-ring (bicyclic) bond motifs is 1. The van der Waals surface area contributed by atoms with Gasteiger partial charge in [0, 0.05) is 9.91 Å². The van der Waals surface area contributed by atoms with Crippen molar-refractivity contribution in [3.8, 4) is 11.5 Å². The van der Waals surface area contributed by atoms with E-state index in [1.807, 2.05) is 0 Å². The monoisotopic (exact) mass is 222 g/mol. The second kappa shape index (κ2) is 3.69. The molecule has 0 saturated carbocycles. The fraction of sp³-hybridized carbons (Fsp3) is 0. The van der Waals surface area contributed by atoms with Gasteiger partial charge in [0.2, 0.25) is 0 Å². The molecule has 16 heavy (non-hydrogen) atoms. The highest BCUT2D eigenvalue weighted by molar-refractivity contribution is 6.01. The molecule has 0 aliphatic rings. The van der Waals surface area contributed by atoms with Gasteiger partial charge in [-0.3, -0.25) is 0 Å². The first kappa shape index (κ1) is 10.2. The summed E-state index contributed by atoms with van der Waals surface area (Å²) in [7, 11) is 0. The summed E-state index contributed by atoms with van der Waals surface area (Å²) < 4.78 is 11.7. The Morgan fingerprint density at radius 2 is 1.94 bits per heavy atom. The van der Waals surface area contributed by atoms with Crippen LogP contribution in [0.5, 0.6) is 11.5 Å². The van der Waals surface area contributed by atoms with Crippen molar-refractivity contribution in [3.05, 3.63) is 35.9 Å². The number of benzene rings is 2. The molecule has 2 N–H and O–H groups in total. The third-order valence-electron chi connectivity index (χ3n) is 2.26. The molecule has 2 rings (SSSR count). The Labute approximate surface area is 89.4 Å². The molecule has 5 heteroatoms. The molecule has 0 amide bonds. The van der Waals surface area contributed by atoms with Crippen LogP contribution in [0.2, 0.25) is 0 Å². The summed E-state index contributed by atoms with van der Waals surface area (Å²) in [5, 5.41) is 19.8. The Morgan fingerprint density at radius 1 is 1.19 bits per heavy atom. The molecule has 0 aliphatic carbocycles. The van der Waals surface area contributed by atoms with Crippen molar-refractivity contribution >= 4 is 16.7 Å². The van der Waals surface area contributed by atoms with Gasteiger partial charge in [0.25, 0.3) is 0 Å². The molecule has 0 heterocycles. The number of hydrogen-bond acceptors (Lipinski definition) is 4. The highest BCUT2D eigenvalue weighted by Crippen LogP contribution is 2.31. The van der Waals surface area contributed by atoms with Crippen molar-refractivity contribution in [2.45, 2.75) is 0 Å². The Hall–Kier alpha value is -2.30. The molecule has 2 aromatic rings. The zero-order chi connectivity index (χ0) is 11.7. The average molecular weight is 222 g/mol. The lowest BCUT2D eigenvalue weighted by atomic mass is 10.1. The third-order valence-corrected chi connectivity index (χ3v) is 2.26. The quantitative estimate of drug-likeness (QED) is 0.776. The average Bonchev–Trinajstić information content (AvgIpc) is 2.28. The van der Waals surface area contributed by atoms with Crippen molar-refractivity contribution in [3.63, 3.8) is 0 Å². The van der Waals surface area contributed by atoms with Gasteiger partial charge in [-0.05, 0) is 29.7 Å². The van der Waals surface area contributed by atoms with Crippen LogP contribution in [0.3, 0.4) is 0 Å². The number of phenolic OH excluding ortho intramolecular Hbond substituents is 2. The molecule has 82 valence electrons. The van der Waals surface area contributed by atoms with Gasteiger partial charge < -0.3 is 10.2 Å². The van der Waals surface area contributed by atoms with E-state index in [4.69, 9.17) is 0 Å². The molecule has 0 atom stereocenters. The highest BCUT2D eigenvalue weighted by atomic mass is 19.3. The standard InChI is InChI=1S/C11H7FO4/c12-16-11(15)9-3-1-6-5-7(13)2-4-8(6)10(9)14/h1-5,13-14H. The fourth-order valence-electron chi connectivity index (χ4n) is 1.51. The third kappa shape index (κ3) is 1.52. The summed E-state index contributed by atoms with van der Waals surface area (Å²) >= 11 is 0. The number of halogens is 1. The van der Waals surface area contributed by atoms with Gasteiger partial charge in [0.1, 0.15) is 17.1 Å².